The molecule has 0 heterocycles. The van der Waals surface area contributed by atoms with E-state index >= 15 is 0 Å². The molecule has 7 heteroatoms. The third kappa shape index (κ3) is 11.2. The number of methoxy groups -OCH3 is 1. The van der Waals surface area contributed by atoms with Crippen LogP contribution in [-0.2, 0) is 0 Å². The molecule has 6 nitrogen and oxygen atoms in total. The number of carbonyl (C=O) groups excluding carboxylic acids is 1. The first-order valence-electron chi connectivity index (χ1n) is 9.13. The number of nitrogens with zero attached hydrogens (tertiary/aromatic N) is 1. The number of ether oxygens (including phenoxy) is 1. The van der Waals surface area contributed by atoms with Crippen molar-refractivity contribution in [2.75, 3.05) is 26.7 Å². The third-order valence-electron chi connectivity index (χ3n) is 3.86. The minimum absolute atomic E-state index is 0. The van der Waals surface area contributed by atoms with Crippen molar-refractivity contribution in [3.63, 3.8) is 0 Å². The number of unbranched alkanes of at least 4 members (excludes halogenated alkanes) is 5. The Kier molecular flexibility index (Phi) is 14.8. The molecule has 1 aromatic carbocycles. The molecule has 1 amide bonds. The zero-order valence-corrected chi connectivity index (χ0v) is 18.3. The zero-order chi connectivity index (χ0) is 18.3. The van der Waals surface area contributed by atoms with Gasteiger partial charge in [0.2, 0.25) is 0 Å². The Labute approximate surface area is 174 Å². The molecule has 0 bridgehead atoms. The van der Waals surface area contributed by atoms with Crippen LogP contribution >= 0.6 is 24.0 Å². The monoisotopic (exact) mass is 476 g/mol. The minimum Gasteiger partial charge on any atom is -0.497 e. The molecule has 0 atom stereocenters. The van der Waals surface area contributed by atoms with Gasteiger partial charge in [-0.15, -0.1) is 24.0 Å². The Morgan fingerprint density at radius 2 is 1.65 bits per heavy atom. The van der Waals surface area contributed by atoms with Crippen LogP contribution < -0.4 is 21.1 Å². The molecule has 0 aliphatic carbocycles. The lowest BCUT2D eigenvalue weighted by Crippen LogP contribution is -2.38. The molecule has 1 rings (SSSR count). The normalized spacial score (nSPS) is 10.8. The van der Waals surface area contributed by atoms with E-state index in [0.29, 0.717) is 24.6 Å². The van der Waals surface area contributed by atoms with Crippen molar-refractivity contribution in [1.82, 2.24) is 10.6 Å². The van der Waals surface area contributed by atoms with Crippen LogP contribution in [0.1, 0.15) is 55.8 Å². The van der Waals surface area contributed by atoms with E-state index in [-0.39, 0.29) is 29.9 Å². The summed E-state index contributed by atoms with van der Waals surface area (Å²) in [6.07, 6.45) is 7.43. The highest BCUT2D eigenvalue weighted by Gasteiger charge is 2.04. The summed E-state index contributed by atoms with van der Waals surface area (Å²) in [5.41, 5.74) is 6.41. The first kappa shape index (κ1) is 24.5. The van der Waals surface area contributed by atoms with Gasteiger partial charge in [-0.2, -0.15) is 0 Å². The van der Waals surface area contributed by atoms with Gasteiger partial charge < -0.3 is 21.1 Å². The molecule has 0 saturated carbocycles. The highest BCUT2D eigenvalue weighted by Crippen LogP contribution is 2.10. The average Bonchev–Trinajstić information content (AvgIpc) is 2.64. The maximum absolute atomic E-state index is 12.0. The fraction of sp³-hybridized carbons (Fsp3) is 0.579. The van der Waals surface area contributed by atoms with Crippen LogP contribution in [0.4, 0.5) is 0 Å². The molecule has 0 saturated heterocycles. The molecule has 0 fully saturated rings. The summed E-state index contributed by atoms with van der Waals surface area (Å²) >= 11 is 0. The zero-order valence-electron chi connectivity index (χ0n) is 15.9. The molecule has 4 N–H and O–H groups in total. The molecule has 0 radical (unpaired) electrons. The largest absolute Gasteiger partial charge is 0.497 e. The van der Waals surface area contributed by atoms with Crippen LogP contribution in [0.3, 0.4) is 0 Å². The molecular formula is C19H33IN4O2. The number of hydrogen-bond donors (Lipinski definition) is 3. The van der Waals surface area contributed by atoms with Crippen molar-refractivity contribution in [2.45, 2.75) is 45.4 Å². The van der Waals surface area contributed by atoms with Crippen molar-refractivity contribution >= 4 is 35.8 Å². The summed E-state index contributed by atoms with van der Waals surface area (Å²) in [5, 5.41) is 5.85. The maximum atomic E-state index is 12.0. The fourth-order valence-electron chi connectivity index (χ4n) is 2.36. The Hall–Kier alpha value is -1.51. The lowest BCUT2D eigenvalue weighted by atomic mass is 10.1. The predicted molar refractivity (Wildman–Crippen MR) is 119 cm³/mol. The standard InChI is InChI=1S/C19H32N4O2.HI/c1-3-4-5-6-7-8-13-22-19(20)23-15-14-21-18(24)16-9-11-17(25-2)12-10-16;/h9-12H,3-8,13-15H2,1-2H3,(H,21,24)(H3,20,22,23);1H. The van der Waals surface area contributed by atoms with Gasteiger partial charge in [0.15, 0.2) is 5.96 Å². The number of guanidine groups is 1. The van der Waals surface area contributed by atoms with Crippen molar-refractivity contribution in [3.05, 3.63) is 29.8 Å². The summed E-state index contributed by atoms with van der Waals surface area (Å²) < 4.78 is 5.07. The van der Waals surface area contributed by atoms with Gasteiger partial charge in [-0.3, -0.25) is 9.79 Å². The molecule has 0 spiro atoms. The van der Waals surface area contributed by atoms with Crippen LogP contribution in [0.15, 0.2) is 29.3 Å². The highest BCUT2D eigenvalue weighted by molar-refractivity contribution is 14.0. The second-order valence-electron chi connectivity index (χ2n) is 5.95. The van der Waals surface area contributed by atoms with Crippen molar-refractivity contribution < 1.29 is 9.53 Å². The third-order valence-corrected chi connectivity index (χ3v) is 3.86. The Morgan fingerprint density at radius 3 is 2.31 bits per heavy atom. The molecular weight excluding hydrogens is 443 g/mol. The highest BCUT2D eigenvalue weighted by atomic mass is 127. The average molecular weight is 476 g/mol. The van der Waals surface area contributed by atoms with E-state index in [1.165, 1.54) is 32.1 Å². The van der Waals surface area contributed by atoms with E-state index in [4.69, 9.17) is 10.5 Å². The summed E-state index contributed by atoms with van der Waals surface area (Å²) in [5.74, 6) is 1.05. The van der Waals surface area contributed by atoms with E-state index in [9.17, 15) is 4.79 Å². The number of nitrogens with one attached hydrogen (secondary N) is 2. The van der Waals surface area contributed by atoms with Gasteiger partial charge in [-0.1, -0.05) is 39.0 Å². The van der Waals surface area contributed by atoms with Crippen LogP contribution in [0.2, 0.25) is 0 Å². The number of amides is 1. The van der Waals surface area contributed by atoms with E-state index in [1.54, 1.807) is 31.4 Å². The number of rotatable bonds is 12. The van der Waals surface area contributed by atoms with Crippen LogP contribution in [0.5, 0.6) is 5.75 Å². The number of benzene rings is 1. The van der Waals surface area contributed by atoms with Gasteiger partial charge in [0, 0.05) is 25.2 Å². The summed E-state index contributed by atoms with van der Waals surface area (Å²) in [4.78, 5) is 16.3. The first-order valence-corrected chi connectivity index (χ1v) is 9.13. The van der Waals surface area contributed by atoms with Crippen molar-refractivity contribution in [2.24, 2.45) is 10.7 Å². The van der Waals surface area contributed by atoms with Crippen molar-refractivity contribution in [1.29, 1.82) is 0 Å². The molecule has 0 aliphatic rings. The Bertz CT molecular complexity index is 521. The Morgan fingerprint density at radius 1 is 1.04 bits per heavy atom. The quantitative estimate of drug-likeness (QED) is 0.187. The van der Waals surface area contributed by atoms with Gasteiger partial charge in [0.05, 0.1) is 7.11 Å². The number of halogens is 1. The van der Waals surface area contributed by atoms with Crippen LogP contribution in [0, 0.1) is 0 Å². The number of nitrogens with two attached hydrogens (primary N) is 1. The van der Waals surface area contributed by atoms with Gasteiger partial charge >= 0.3 is 0 Å². The second kappa shape index (κ2) is 15.7. The molecule has 0 aromatic heterocycles. The maximum Gasteiger partial charge on any atom is 0.251 e. The topological polar surface area (TPSA) is 88.7 Å². The fourth-order valence-corrected chi connectivity index (χ4v) is 2.36. The Balaban J connectivity index is 0.00000625. The van der Waals surface area contributed by atoms with Gasteiger partial charge in [-0.05, 0) is 30.7 Å². The van der Waals surface area contributed by atoms with E-state index in [1.807, 2.05) is 0 Å². The van der Waals surface area contributed by atoms with E-state index in [0.717, 1.165) is 18.7 Å². The molecule has 1 aromatic rings. The SMILES string of the molecule is CCCCCCCCN=C(N)NCCNC(=O)c1ccc(OC)cc1.I. The molecule has 0 aliphatic heterocycles. The molecule has 148 valence electrons. The summed E-state index contributed by atoms with van der Waals surface area (Å²) in [6, 6.07) is 7.00. The van der Waals surface area contributed by atoms with Crippen LogP contribution in [0.25, 0.3) is 0 Å². The molecule has 0 unspecified atom stereocenters. The van der Waals surface area contributed by atoms with Gasteiger partial charge in [0.1, 0.15) is 5.75 Å². The molecule has 26 heavy (non-hydrogen) atoms. The van der Waals surface area contributed by atoms with Gasteiger partial charge in [0.25, 0.3) is 5.91 Å². The van der Waals surface area contributed by atoms with Crippen molar-refractivity contribution in [3.8, 4) is 5.75 Å². The second-order valence-corrected chi connectivity index (χ2v) is 5.95. The number of carbonyl (C=O) groups is 1. The summed E-state index contributed by atoms with van der Waals surface area (Å²) in [6.45, 7) is 4.01. The lowest BCUT2D eigenvalue weighted by molar-refractivity contribution is 0.0954. The minimum atomic E-state index is -0.118. The summed E-state index contributed by atoms with van der Waals surface area (Å²) in [7, 11) is 1.60. The van der Waals surface area contributed by atoms with E-state index in [2.05, 4.69) is 22.5 Å². The number of aliphatic imine (C=N–C) groups is 1. The van der Waals surface area contributed by atoms with Crippen LogP contribution in [-0.4, -0.2) is 38.6 Å². The lowest BCUT2D eigenvalue weighted by Gasteiger charge is -2.08. The smallest absolute Gasteiger partial charge is 0.251 e. The van der Waals surface area contributed by atoms with Gasteiger partial charge in [-0.25, -0.2) is 0 Å². The predicted octanol–water partition coefficient (Wildman–Crippen LogP) is 3.31. The number of hydrogen-bond acceptors (Lipinski definition) is 3. The first-order chi connectivity index (χ1) is 12.2. The van der Waals surface area contributed by atoms with E-state index < -0.39 is 0 Å².